The second-order valence-electron chi connectivity index (χ2n) is 4.76. The van der Waals surface area contributed by atoms with Crippen LogP contribution in [0.5, 0.6) is 0 Å². The Bertz CT molecular complexity index is 368. The molecule has 0 unspecified atom stereocenters. The van der Waals surface area contributed by atoms with E-state index in [1.165, 1.54) is 6.08 Å². The van der Waals surface area contributed by atoms with Gasteiger partial charge in [0, 0.05) is 18.6 Å². The molecule has 1 N–H and O–H groups in total. The van der Waals surface area contributed by atoms with Crippen molar-refractivity contribution in [2.75, 3.05) is 19.7 Å². The standard InChI is InChI=1S/C12H18N2O3/c1-9-8-14(4-5-17-9)12(2,3)6-10(7-13)11(15)16/h6,9H,4-5,8H2,1-3H3,(H,15,16)/b10-6+/t9-/m1/s1. The smallest absolute Gasteiger partial charge is 0.346 e. The second kappa shape index (κ2) is 5.30. The van der Waals surface area contributed by atoms with Crippen LogP contribution < -0.4 is 0 Å². The molecule has 0 aromatic rings. The van der Waals surface area contributed by atoms with Gasteiger partial charge in [0.2, 0.25) is 0 Å². The van der Waals surface area contributed by atoms with Crippen LogP contribution >= 0.6 is 0 Å². The fourth-order valence-corrected chi connectivity index (χ4v) is 1.93. The molecular weight excluding hydrogens is 220 g/mol. The van der Waals surface area contributed by atoms with Gasteiger partial charge in [-0.3, -0.25) is 4.90 Å². The van der Waals surface area contributed by atoms with Crippen molar-refractivity contribution in [1.29, 1.82) is 5.26 Å². The summed E-state index contributed by atoms with van der Waals surface area (Å²) in [6, 6.07) is 1.71. The number of carboxylic acid groups (broad SMARTS) is 1. The van der Waals surface area contributed by atoms with Crippen LogP contribution in [0.4, 0.5) is 0 Å². The minimum Gasteiger partial charge on any atom is -0.477 e. The fourth-order valence-electron chi connectivity index (χ4n) is 1.93. The van der Waals surface area contributed by atoms with E-state index in [-0.39, 0.29) is 11.7 Å². The number of hydrogen-bond donors (Lipinski definition) is 1. The molecule has 0 amide bonds. The number of nitrogens with zero attached hydrogens (tertiary/aromatic N) is 2. The number of ether oxygens (including phenoxy) is 1. The predicted octanol–water partition coefficient (Wildman–Crippen LogP) is 1.02. The first-order valence-electron chi connectivity index (χ1n) is 5.59. The number of carbonyl (C=O) groups is 1. The summed E-state index contributed by atoms with van der Waals surface area (Å²) in [5.41, 5.74) is -0.671. The van der Waals surface area contributed by atoms with Crippen molar-refractivity contribution < 1.29 is 14.6 Å². The molecule has 0 aromatic carbocycles. The summed E-state index contributed by atoms with van der Waals surface area (Å²) in [5, 5.41) is 17.6. The molecule has 0 spiro atoms. The molecule has 0 aromatic heterocycles. The van der Waals surface area contributed by atoms with Gasteiger partial charge in [0.1, 0.15) is 11.6 Å². The van der Waals surface area contributed by atoms with Gasteiger partial charge in [-0.1, -0.05) is 0 Å². The van der Waals surface area contributed by atoms with Crippen molar-refractivity contribution >= 4 is 5.97 Å². The van der Waals surface area contributed by atoms with Crippen molar-refractivity contribution in [2.24, 2.45) is 0 Å². The Morgan fingerprint density at radius 3 is 2.76 bits per heavy atom. The third-order valence-electron chi connectivity index (χ3n) is 2.90. The van der Waals surface area contributed by atoms with Crippen LogP contribution in [0.3, 0.4) is 0 Å². The van der Waals surface area contributed by atoms with Crippen molar-refractivity contribution in [3.8, 4) is 6.07 Å². The van der Waals surface area contributed by atoms with Crippen LogP contribution in [-0.4, -0.2) is 47.3 Å². The lowest BCUT2D eigenvalue weighted by Crippen LogP contribution is -2.51. The highest BCUT2D eigenvalue weighted by Crippen LogP contribution is 2.21. The Morgan fingerprint density at radius 2 is 2.29 bits per heavy atom. The first-order valence-corrected chi connectivity index (χ1v) is 5.59. The number of carboxylic acids is 1. The molecule has 17 heavy (non-hydrogen) atoms. The van der Waals surface area contributed by atoms with Gasteiger partial charge in [-0.05, 0) is 26.8 Å². The summed E-state index contributed by atoms with van der Waals surface area (Å²) in [7, 11) is 0. The largest absolute Gasteiger partial charge is 0.477 e. The van der Waals surface area contributed by atoms with E-state index in [4.69, 9.17) is 15.1 Å². The molecule has 0 radical (unpaired) electrons. The highest BCUT2D eigenvalue weighted by molar-refractivity contribution is 5.91. The zero-order valence-electron chi connectivity index (χ0n) is 10.4. The van der Waals surface area contributed by atoms with Gasteiger partial charge in [-0.2, -0.15) is 5.26 Å². The first-order chi connectivity index (χ1) is 7.86. The topological polar surface area (TPSA) is 73.6 Å². The molecule has 1 fully saturated rings. The Labute approximate surface area is 101 Å². The normalized spacial score (nSPS) is 23.2. The molecule has 5 heteroatoms. The lowest BCUT2D eigenvalue weighted by Gasteiger charge is -2.41. The average Bonchev–Trinajstić information content (AvgIpc) is 2.25. The van der Waals surface area contributed by atoms with Gasteiger partial charge in [0.15, 0.2) is 0 Å². The fraction of sp³-hybridized carbons (Fsp3) is 0.667. The molecule has 0 bridgehead atoms. The highest BCUT2D eigenvalue weighted by atomic mass is 16.5. The summed E-state index contributed by atoms with van der Waals surface area (Å²) < 4.78 is 5.44. The van der Waals surface area contributed by atoms with E-state index in [0.29, 0.717) is 6.61 Å². The summed E-state index contributed by atoms with van der Waals surface area (Å²) in [4.78, 5) is 12.9. The first kappa shape index (κ1) is 13.7. The Morgan fingerprint density at radius 1 is 1.65 bits per heavy atom. The maximum Gasteiger partial charge on any atom is 0.346 e. The minimum atomic E-state index is -1.18. The Balaban J connectivity index is 2.87. The lowest BCUT2D eigenvalue weighted by atomic mass is 9.98. The van der Waals surface area contributed by atoms with Crippen molar-refractivity contribution in [3.63, 3.8) is 0 Å². The Kier molecular flexibility index (Phi) is 4.27. The summed E-state index contributed by atoms with van der Waals surface area (Å²) in [5.74, 6) is -1.18. The van der Waals surface area contributed by atoms with Crippen LogP contribution in [0.25, 0.3) is 0 Å². The van der Waals surface area contributed by atoms with Gasteiger partial charge in [-0.25, -0.2) is 4.79 Å². The molecule has 0 aliphatic carbocycles. The lowest BCUT2D eigenvalue weighted by molar-refractivity contribution is -0.132. The average molecular weight is 238 g/mol. The monoisotopic (exact) mass is 238 g/mol. The van der Waals surface area contributed by atoms with Gasteiger partial charge < -0.3 is 9.84 Å². The number of hydrogen-bond acceptors (Lipinski definition) is 4. The molecule has 1 saturated heterocycles. The van der Waals surface area contributed by atoms with E-state index in [2.05, 4.69) is 4.90 Å². The summed E-state index contributed by atoms with van der Waals surface area (Å²) >= 11 is 0. The highest BCUT2D eigenvalue weighted by Gasteiger charge is 2.30. The maximum atomic E-state index is 10.8. The molecule has 1 heterocycles. The molecule has 1 aliphatic rings. The van der Waals surface area contributed by atoms with Gasteiger partial charge in [0.25, 0.3) is 0 Å². The van der Waals surface area contributed by atoms with Crippen molar-refractivity contribution in [3.05, 3.63) is 11.6 Å². The van der Waals surface area contributed by atoms with Gasteiger partial charge >= 0.3 is 5.97 Å². The van der Waals surface area contributed by atoms with E-state index < -0.39 is 11.5 Å². The van der Waals surface area contributed by atoms with E-state index >= 15 is 0 Å². The van der Waals surface area contributed by atoms with Gasteiger partial charge in [0.05, 0.1) is 12.7 Å². The molecule has 5 nitrogen and oxygen atoms in total. The number of morpholine rings is 1. The maximum absolute atomic E-state index is 10.8. The van der Waals surface area contributed by atoms with Gasteiger partial charge in [-0.15, -0.1) is 0 Å². The third-order valence-corrected chi connectivity index (χ3v) is 2.90. The van der Waals surface area contributed by atoms with Crippen LogP contribution in [0.1, 0.15) is 20.8 Å². The second-order valence-corrected chi connectivity index (χ2v) is 4.76. The molecule has 1 atom stereocenters. The minimum absolute atomic E-state index is 0.131. The summed E-state index contributed by atoms with van der Waals surface area (Å²) in [6.45, 7) is 7.91. The van der Waals surface area contributed by atoms with Crippen LogP contribution in [0.15, 0.2) is 11.6 Å². The number of aliphatic carboxylic acids is 1. The van der Waals surface area contributed by atoms with E-state index in [0.717, 1.165) is 13.1 Å². The van der Waals surface area contributed by atoms with E-state index in [1.807, 2.05) is 20.8 Å². The zero-order valence-corrected chi connectivity index (χ0v) is 10.4. The SMILES string of the molecule is C[C@@H]1CN(C(C)(C)/C=C(\C#N)C(=O)O)CCO1. The van der Waals surface area contributed by atoms with E-state index in [9.17, 15) is 4.79 Å². The number of nitriles is 1. The molecule has 1 rings (SSSR count). The van der Waals surface area contributed by atoms with Crippen LogP contribution in [-0.2, 0) is 9.53 Å². The zero-order chi connectivity index (χ0) is 13.1. The Hall–Kier alpha value is -1.38. The van der Waals surface area contributed by atoms with Crippen molar-refractivity contribution in [2.45, 2.75) is 32.4 Å². The molecule has 1 aliphatic heterocycles. The number of rotatable bonds is 3. The molecular formula is C12H18N2O3. The molecule has 94 valence electrons. The predicted molar refractivity (Wildman–Crippen MR) is 62.4 cm³/mol. The van der Waals surface area contributed by atoms with Crippen LogP contribution in [0.2, 0.25) is 0 Å². The van der Waals surface area contributed by atoms with Crippen LogP contribution in [0, 0.1) is 11.3 Å². The molecule has 0 saturated carbocycles. The quantitative estimate of drug-likeness (QED) is 0.587. The summed E-state index contributed by atoms with van der Waals surface area (Å²) in [6.07, 6.45) is 1.64. The van der Waals surface area contributed by atoms with E-state index in [1.54, 1.807) is 6.07 Å². The van der Waals surface area contributed by atoms with Crippen molar-refractivity contribution in [1.82, 2.24) is 4.90 Å². The third kappa shape index (κ3) is 3.55.